The van der Waals surface area contributed by atoms with E-state index in [-0.39, 0.29) is 5.82 Å². The maximum absolute atomic E-state index is 11.8. The summed E-state index contributed by atoms with van der Waals surface area (Å²) in [6.45, 7) is 5.19. The Bertz CT molecular complexity index is 523. The zero-order chi connectivity index (χ0) is 14.4. The number of nitrogens with zero attached hydrogens (tertiary/aromatic N) is 1. The highest BCUT2D eigenvalue weighted by Gasteiger charge is 2.12. The fraction of sp³-hybridized carbons (Fsp3) is 0.667. The van der Waals surface area contributed by atoms with Crippen molar-refractivity contribution >= 4 is 23.3 Å². The van der Waals surface area contributed by atoms with Gasteiger partial charge in [-0.15, -0.1) is 0 Å². The van der Waals surface area contributed by atoms with Gasteiger partial charge in [0.05, 0.1) is 0 Å². The van der Waals surface area contributed by atoms with Crippen LogP contribution in [0.3, 0.4) is 0 Å². The molecule has 0 saturated carbocycles. The summed E-state index contributed by atoms with van der Waals surface area (Å²) < 4.78 is 1.39. The zero-order valence-corrected chi connectivity index (χ0v) is 12.5. The van der Waals surface area contributed by atoms with Crippen molar-refractivity contribution in [2.75, 3.05) is 29.6 Å². The predicted molar refractivity (Wildman–Crippen MR) is 82.1 cm³/mol. The molecule has 0 aromatic carbocycles. The van der Waals surface area contributed by atoms with E-state index in [0.29, 0.717) is 24.7 Å². The number of H-pyrrole nitrogens is 1. The predicted octanol–water partition coefficient (Wildman–Crippen LogP) is 0.940. The topological polar surface area (TPSA) is 92.9 Å². The van der Waals surface area contributed by atoms with Crippen LogP contribution in [0.5, 0.6) is 0 Å². The maximum atomic E-state index is 11.8. The number of aromatic nitrogens is 2. The van der Waals surface area contributed by atoms with Crippen molar-refractivity contribution in [1.29, 1.82) is 0 Å². The lowest BCUT2D eigenvalue weighted by Gasteiger charge is -2.15. The van der Waals surface area contributed by atoms with Gasteiger partial charge in [-0.2, -0.15) is 11.8 Å². The lowest BCUT2D eigenvalue weighted by Crippen LogP contribution is -2.34. The molecule has 1 aromatic rings. The maximum Gasteiger partial charge on any atom is 0.330 e. The number of thioether (sulfide) groups is 1. The molecule has 0 aliphatic carbocycles. The van der Waals surface area contributed by atoms with Crippen LogP contribution in [-0.4, -0.2) is 28.1 Å². The molecular formula is C12H22N4O2S. The van der Waals surface area contributed by atoms with Crippen molar-refractivity contribution in [1.82, 2.24) is 9.55 Å². The third-order valence-electron chi connectivity index (χ3n) is 2.77. The summed E-state index contributed by atoms with van der Waals surface area (Å²) in [5, 5.41) is 3.05. The number of aromatic amines is 1. The van der Waals surface area contributed by atoms with Crippen LogP contribution in [0.4, 0.5) is 11.5 Å². The van der Waals surface area contributed by atoms with Crippen LogP contribution in [0.15, 0.2) is 9.59 Å². The first-order chi connectivity index (χ1) is 9.01. The number of anilines is 2. The highest BCUT2D eigenvalue weighted by Crippen LogP contribution is 2.12. The van der Waals surface area contributed by atoms with Gasteiger partial charge in [0.15, 0.2) is 0 Å². The molecule has 19 heavy (non-hydrogen) atoms. The van der Waals surface area contributed by atoms with Crippen molar-refractivity contribution < 1.29 is 0 Å². The molecule has 0 spiro atoms. The van der Waals surface area contributed by atoms with Gasteiger partial charge in [-0.3, -0.25) is 14.3 Å². The standard InChI is InChI=1S/C12H22N4O2S/c1-4-5-16-10(13)9(11(17)15-12(16)18)14-6-8(2)7-19-3/h8,14H,4-7,13H2,1-3H3,(H,15,17,18). The van der Waals surface area contributed by atoms with Crippen LogP contribution in [0.2, 0.25) is 0 Å². The average Bonchev–Trinajstić information content (AvgIpc) is 2.34. The highest BCUT2D eigenvalue weighted by atomic mass is 32.2. The Balaban J connectivity index is 2.97. The molecule has 0 saturated heterocycles. The van der Waals surface area contributed by atoms with E-state index in [4.69, 9.17) is 5.73 Å². The molecular weight excluding hydrogens is 264 g/mol. The minimum atomic E-state index is -0.453. The summed E-state index contributed by atoms with van der Waals surface area (Å²) >= 11 is 1.75. The minimum Gasteiger partial charge on any atom is -0.383 e. The number of nitrogen functional groups attached to an aromatic ring is 1. The third-order valence-corrected chi connectivity index (χ3v) is 3.67. The molecule has 0 aliphatic rings. The van der Waals surface area contributed by atoms with Crippen molar-refractivity contribution in [2.24, 2.45) is 5.92 Å². The van der Waals surface area contributed by atoms with Crippen LogP contribution < -0.4 is 22.3 Å². The molecule has 0 fully saturated rings. The lowest BCUT2D eigenvalue weighted by molar-refractivity contribution is 0.640. The van der Waals surface area contributed by atoms with E-state index < -0.39 is 11.2 Å². The summed E-state index contributed by atoms with van der Waals surface area (Å²) in [4.78, 5) is 25.7. The Hall–Kier alpha value is -1.37. The normalized spacial score (nSPS) is 12.4. The molecule has 0 bridgehead atoms. The van der Waals surface area contributed by atoms with Gasteiger partial charge in [0.25, 0.3) is 5.56 Å². The Morgan fingerprint density at radius 3 is 2.74 bits per heavy atom. The third kappa shape index (κ3) is 4.05. The first-order valence-electron chi connectivity index (χ1n) is 6.36. The number of nitrogens with one attached hydrogen (secondary N) is 2. The van der Waals surface area contributed by atoms with Gasteiger partial charge in [0.2, 0.25) is 0 Å². The van der Waals surface area contributed by atoms with Gasteiger partial charge in [0.1, 0.15) is 11.5 Å². The van der Waals surface area contributed by atoms with E-state index in [9.17, 15) is 9.59 Å². The monoisotopic (exact) mass is 286 g/mol. The van der Waals surface area contributed by atoms with Crippen LogP contribution in [-0.2, 0) is 6.54 Å². The van der Waals surface area contributed by atoms with Gasteiger partial charge in [0, 0.05) is 13.1 Å². The molecule has 0 amide bonds. The molecule has 0 aliphatic heterocycles. The summed E-state index contributed by atoms with van der Waals surface area (Å²) in [6.07, 6.45) is 2.82. The van der Waals surface area contributed by atoms with Gasteiger partial charge >= 0.3 is 5.69 Å². The second-order valence-electron chi connectivity index (χ2n) is 4.61. The van der Waals surface area contributed by atoms with Gasteiger partial charge in [-0.05, 0) is 24.3 Å². The molecule has 1 heterocycles. The van der Waals surface area contributed by atoms with E-state index in [0.717, 1.165) is 12.2 Å². The summed E-state index contributed by atoms with van der Waals surface area (Å²) in [5.74, 6) is 1.63. The fourth-order valence-electron chi connectivity index (χ4n) is 1.82. The summed E-state index contributed by atoms with van der Waals surface area (Å²) in [6, 6.07) is 0. The van der Waals surface area contributed by atoms with Crippen molar-refractivity contribution in [3.63, 3.8) is 0 Å². The summed E-state index contributed by atoms with van der Waals surface area (Å²) in [7, 11) is 0. The molecule has 108 valence electrons. The smallest absolute Gasteiger partial charge is 0.330 e. The molecule has 1 rings (SSSR count). The first-order valence-corrected chi connectivity index (χ1v) is 7.76. The SMILES string of the molecule is CCCn1c(N)c(NCC(C)CSC)c(=O)[nH]c1=O. The second kappa shape index (κ2) is 7.28. The zero-order valence-electron chi connectivity index (χ0n) is 11.7. The summed E-state index contributed by atoms with van der Waals surface area (Å²) in [5.41, 5.74) is 5.29. The highest BCUT2D eigenvalue weighted by molar-refractivity contribution is 7.98. The number of hydrogen-bond acceptors (Lipinski definition) is 5. The lowest BCUT2D eigenvalue weighted by atomic mass is 10.2. The molecule has 6 nitrogen and oxygen atoms in total. The quantitative estimate of drug-likeness (QED) is 0.693. The largest absolute Gasteiger partial charge is 0.383 e. The molecule has 0 radical (unpaired) electrons. The Morgan fingerprint density at radius 1 is 1.47 bits per heavy atom. The first kappa shape index (κ1) is 15.7. The van der Waals surface area contributed by atoms with E-state index in [2.05, 4.69) is 17.2 Å². The van der Waals surface area contributed by atoms with Crippen LogP contribution in [0.25, 0.3) is 0 Å². The molecule has 1 aromatic heterocycles. The van der Waals surface area contributed by atoms with Crippen LogP contribution >= 0.6 is 11.8 Å². The van der Waals surface area contributed by atoms with E-state index in [1.807, 2.05) is 13.2 Å². The Morgan fingerprint density at radius 2 is 2.16 bits per heavy atom. The molecule has 7 heteroatoms. The number of nitrogens with two attached hydrogens (primary N) is 1. The molecule has 4 N–H and O–H groups in total. The van der Waals surface area contributed by atoms with E-state index in [1.54, 1.807) is 11.8 Å². The van der Waals surface area contributed by atoms with Gasteiger partial charge < -0.3 is 11.1 Å². The Kier molecular flexibility index (Phi) is 6.01. The van der Waals surface area contributed by atoms with E-state index >= 15 is 0 Å². The average molecular weight is 286 g/mol. The van der Waals surface area contributed by atoms with Crippen LogP contribution in [0, 0.1) is 5.92 Å². The van der Waals surface area contributed by atoms with E-state index in [1.165, 1.54) is 4.57 Å². The minimum absolute atomic E-state index is 0.215. The fourth-order valence-corrected chi connectivity index (χ4v) is 2.51. The molecule has 1 unspecified atom stereocenters. The van der Waals surface area contributed by atoms with Gasteiger partial charge in [-0.1, -0.05) is 13.8 Å². The Labute approximate surface area is 116 Å². The van der Waals surface area contributed by atoms with Crippen molar-refractivity contribution in [2.45, 2.75) is 26.8 Å². The molecule has 1 atom stereocenters. The second-order valence-corrected chi connectivity index (χ2v) is 5.52. The number of hydrogen-bond donors (Lipinski definition) is 3. The van der Waals surface area contributed by atoms with Crippen molar-refractivity contribution in [3.05, 3.63) is 20.8 Å². The number of rotatable bonds is 7. The van der Waals surface area contributed by atoms with Crippen LogP contribution in [0.1, 0.15) is 20.3 Å². The van der Waals surface area contributed by atoms with Gasteiger partial charge in [-0.25, -0.2) is 4.79 Å². The van der Waals surface area contributed by atoms with Crippen molar-refractivity contribution in [3.8, 4) is 0 Å².